The van der Waals surface area contributed by atoms with Gasteiger partial charge in [0, 0.05) is 31.0 Å². The van der Waals surface area contributed by atoms with E-state index in [1.165, 1.54) is 0 Å². The molecule has 9 heteroatoms. The number of nitrogens with two attached hydrogens (primary N) is 1. The average molecular weight is 346 g/mol. The summed E-state index contributed by atoms with van der Waals surface area (Å²) in [4.78, 5) is 1.89. The quantitative estimate of drug-likeness (QED) is 0.624. The zero-order valence-electron chi connectivity index (χ0n) is 11.2. The molecule has 6 nitrogen and oxygen atoms in total. The van der Waals surface area contributed by atoms with Gasteiger partial charge in [0.15, 0.2) is 0 Å². The second-order valence-electron chi connectivity index (χ2n) is 3.97. The topological polar surface area (TPSA) is 95.7 Å². The molecule has 0 atom stereocenters. The molecule has 4 N–H and O–H groups in total. The van der Waals surface area contributed by atoms with Crippen LogP contribution < -0.4 is 15.4 Å². The maximum Gasteiger partial charge on any atom is 0.208 e. The summed E-state index contributed by atoms with van der Waals surface area (Å²) in [7, 11) is -3.18. The van der Waals surface area contributed by atoms with Crippen LogP contribution >= 0.6 is 24.8 Å². The van der Waals surface area contributed by atoms with Gasteiger partial charge < -0.3 is 15.7 Å². The molecule has 0 amide bonds. The molecule has 118 valence electrons. The van der Waals surface area contributed by atoms with Crippen LogP contribution in [-0.2, 0) is 10.0 Å². The van der Waals surface area contributed by atoms with Gasteiger partial charge in [0.05, 0.1) is 12.9 Å². The van der Waals surface area contributed by atoms with Gasteiger partial charge in [-0.25, -0.2) is 13.1 Å². The van der Waals surface area contributed by atoms with E-state index in [-0.39, 0.29) is 31.4 Å². The molecule has 0 aliphatic rings. The van der Waals surface area contributed by atoms with E-state index in [9.17, 15) is 8.42 Å². The number of aliphatic hydroxyl groups excluding tert-OH is 1. The summed E-state index contributed by atoms with van der Waals surface area (Å²) < 4.78 is 24.3. The smallest absolute Gasteiger partial charge is 0.208 e. The molecule has 0 unspecified atom stereocenters. The molecule has 0 heterocycles. The number of hydrogen-bond acceptors (Lipinski definition) is 5. The number of nitrogens with one attached hydrogen (secondary N) is 1. The van der Waals surface area contributed by atoms with Gasteiger partial charge in [0.1, 0.15) is 0 Å². The number of nitrogens with zero attached hydrogens (tertiary/aromatic N) is 1. The van der Waals surface area contributed by atoms with E-state index in [0.717, 1.165) is 11.9 Å². The first kappa shape index (κ1) is 21.6. The summed E-state index contributed by atoms with van der Waals surface area (Å²) in [5, 5.41) is 9.01. The second kappa shape index (κ2) is 10.1. The first-order chi connectivity index (χ1) is 8.42. The van der Waals surface area contributed by atoms with Gasteiger partial charge >= 0.3 is 0 Å². The first-order valence-corrected chi connectivity index (χ1v) is 7.47. The Morgan fingerprint density at radius 3 is 2.20 bits per heavy atom. The number of halogens is 2. The van der Waals surface area contributed by atoms with Crippen LogP contribution in [0.1, 0.15) is 0 Å². The van der Waals surface area contributed by atoms with Crippen LogP contribution in [0.15, 0.2) is 24.3 Å². The van der Waals surface area contributed by atoms with Gasteiger partial charge in [-0.05, 0) is 24.3 Å². The van der Waals surface area contributed by atoms with Crippen molar-refractivity contribution in [2.24, 2.45) is 0 Å². The number of anilines is 2. The van der Waals surface area contributed by atoms with Gasteiger partial charge in [0.25, 0.3) is 0 Å². The molecule has 0 aliphatic carbocycles. The van der Waals surface area contributed by atoms with Crippen molar-refractivity contribution in [3.8, 4) is 0 Å². The largest absolute Gasteiger partial charge is 0.399 e. The Hall–Kier alpha value is -0.730. The van der Waals surface area contributed by atoms with Crippen LogP contribution in [0.3, 0.4) is 0 Å². The van der Waals surface area contributed by atoms with E-state index in [0.29, 0.717) is 25.3 Å². The van der Waals surface area contributed by atoms with Crippen molar-refractivity contribution in [1.29, 1.82) is 0 Å². The van der Waals surface area contributed by atoms with E-state index in [4.69, 9.17) is 10.8 Å². The zero-order chi connectivity index (χ0) is 13.6. The van der Waals surface area contributed by atoms with Crippen molar-refractivity contribution >= 4 is 46.2 Å². The number of aliphatic hydroxyl groups is 1. The van der Waals surface area contributed by atoms with Gasteiger partial charge in [-0.3, -0.25) is 0 Å². The Labute approximate surface area is 132 Å². The van der Waals surface area contributed by atoms with Crippen LogP contribution in [0, 0.1) is 0 Å². The summed E-state index contributed by atoms with van der Waals surface area (Å²) in [5.74, 6) is 0. The van der Waals surface area contributed by atoms with E-state index >= 15 is 0 Å². The van der Waals surface area contributed by atoms with E-state index < -0.39 is 10.0 Å². The van der Waals surface area contributed by atoms with Gasteiger partial charge in [-0.1, -0.05) is 0 Å². The van der Waals surface area contributed by atoms with E-state index in [2.05, 4.69) is 4.72 Å². The third-order valence-electron chi connectivity index (χ3n) is 2.37. The summed E-state index contributed by atoms with van der Waals surface area (Å²) >= 11 is 0. The lowest BCUT2D eigenvalue weighted by molar-refractivity contribution is 0.302. The summed E-state index contributed by atoms with van der Waals surface area (Å²) in [5.41, 5.74) is 7.16. The molecule has 1 rings (SSSR count). The van der Waals surface area contributed by atoms with Crippen LogP contribution in [0.5, 0.6) is 0 Å². The molecule has 0 aliphatic heterocycles. The third kappa shape index (κ3) is 8.44. The molecule has 0 saturated heterocycles. The van der Waals surface area contributed by atoms with Crippen molar-refractivity contribution in [1.82, 2.24) is 4.72 Å². The molecule has 20 heavy (non-hydrogen) atoms. The van der Waals surface area contributed by atoms with E-state index in [1.807, 2.05) is 17.0 Å². The molecule has 1 aromatic carbocycles. The minimum atomic E-state index is -3.18. The highest BCUT2D eigenvalue weighted by atomic mass is 35.5. The minimum absolute atomic E-state index is 0. The standard InChI is InChI=1S/C11H19N3O3S.2ClH/c1-18(16,17)13-6-7-14(8-9-15)11-4-2-10(12)3-5-11;;/h2-5,13,15H,6-9,12H2,1H3;2*1H. The maximum absolute atomic E-state index is 11.0. The number of rotatable bonds is 7. The molecular formula is C11H21Cl2N3O3S. The second-order valence-corrected chi connectivity index (χ2v) is 5.80. The molecule has 1 aromatic rings. The SMILES string of the molecule is CS(=O)(=O)NCCN(CCO)c1ccc(N)cc1.Cl.Cl. The van der Waals surface area contributed by atoms with Crippen molar-refractivity contribution in [2.75, 3.05) is 43.1 Å². The fraction of sp³-hybridized carbons (Fsp3) is 0.455. The highest BCUT2D eigenvalue weighted by Gasteiger charge is 2.07. The van der Waals surface area contributed by atoms with Crippen molar-refractivity contribution in [3.05, 3.63) is 24.3 Å². The normalized spacial score (nSPS) is 10.3. The van der Waals surface area contributed by atoms with Crippen LogP contribution in [-0.4, -0.2) is 46.0 Å². The predicted molar refractivity (Wildman–Crippen MR) is 87.5 cm³/mol. The monoisotopic (exact) mass is 345 g/mol. The first-order valence-electron chi connectivity index (χ1n) is 5.58. The fourth-order valence-electron chi connectivity index (χ4n) is 1.54. The van der Waals surface area contributed by atoms with Gasteiger partial charge in [-0.2, -0.15) is 0 Å². The maximum atomic E-state index is 11.0. The lowest BCUT2D eigenvalue weighted by Crippen LogP contribution is -2.36. The van der Waals surface area contributed by atoms with Crippen molar-refractivity contribution in [2.45, 2.75) is 0 Å². The fourth-order valence-corrected chi connectivity index (χ4v) is 2.00. The molecule has 0 saturated carbocycles. The van der Waals surface area contributed by atoms with Crippen molar-refractivity contribution < 1.29 is 13.5 Å². The highest BCUT2D eigenvalue weighted by molar-refractivity contribution is 7.88. The lowest BCUT2D eigenvalue weighted by Gasteiger charge is -2.24. The summed E-state index contributed by atoms with van der Waals surface area (Å²) in [6.07, 6.45) is 1.12. The third-order valence-corrected chi connectivity index (χ3v) is 3.10. The van der Waals surface area contributed by atoms with Gasteiger partial charge in [-0.15, -0.1) is 24.8 Å². The number of benzene rings is 1. The molecule has 0 aromatic heterocycles. The molecule has 0 fully saturated rings. The van der Waals surface area contributed by atoms with Crippen LogP contribution in [0.25, 0.3) is 0 Å². The summed E-state index contributed by atoms with van der Waals surface area (Å²) in [6, 6.07) is 7.21. The Morgan fingerprint density at radius 2 is 1.75 bits per heavy atom. The number of hydrogen-bond donors (Lipinski definition) is 3. The van der Waals surface area contributed by atoms with Crippen LogP contribution in [0.2, 0.25) is 0 Å². The lowest BCUT2D eigenvalue weighted by atomic mass is 10.2. The Balaban J connectivity index is 0. The molecule has 0 radical (unpaired) electrons. The highest BCUT2D eigenvalue weighted by Crippen LogP contribution is 2.15. The average Bonchev–Trinajstić information content (AvgIpc) is 2.27. The van der Waals surface area contributed by atoms with Crippen LogP contribution in [0.4, 0.5) is 11.4 Å². The Kier molecular flexibility index (Phi) is 10.9. The molecule has 0 spiro atoms. The Morgan fingerprint density at radius 1 is 1.20 bits per heavy atom. The summed E-state index contributed by atoms with van der Waals surface area (Å²) in [6.45, 7) is 1.22. The molecular weight excluding hydrogens is 325 g/mol. The Bertz CT molecular complexity index is 468. The van der Waals surface area contributed by atoms with Crippen molar-refractivity contribution in [3.63, 3.8) is 0 Å². The van der Waals surface area contributed by atoms with E-state index in [1.54, 1.807) is 12.1 Å². The minimum Gasteiger partial charge on any atom is -0.399 e. The predicted octanol–water partition coefficient (Wildman–Crippen LogP) is 0.460. The van der Waals surface area contributed by atoms with Gasteiger partial charge in [0.2, 0.25) is 10.0 Å². The number of nitrogen functional groups attached to an aromatic ring is 1. The number of sulfonamides is 1. The molecule has 0 bridgehead atoms. The zero-order valence-corrected chi connectivity index (χ0v) is 13.6.